The zero-order valence-electron chi connectivity index (χ0n) is 8.98. The van der Waals surface area contributed by atoms with Crippen molar-refractivity contribution >= 4 is 5.91 Å². The van der Waals surface area contributed by atoms with Gasteiger partial charge in [-0.2, -0.15) is 0 Å². The Bertz CT molecular complexity index is 234. The van der Waals surface area contributed by atoms with E-state index in [0.29, 0.717) is 12.3 Å². The Morgan fingerprint density at radius 3 is 2.38 bits per heavy atom. The van der Waals surface area contributed by atoms with Crippen molar-refractivity contribution in [3.63, 3.8) is 0 Å². The van der Waals surface area contributed by atoms with Crippen molar-refractivity contribution in [2.24, 2.45) is 17.1 Å². The summed E-state index contributed by atoms with van der Waals surface area (Å²) in [4.78, 5) is 11.2. The number of hydrogen-bond acceptors (Lipinski definition) is 1. The second kappa shape index (κ2) is 4.91. The molecule has 0 saturated carbocycles. The minimum atomic E-state index is -0.461. The van der Waals surface area contributed by atoms with E-state index in [-0.39, 0.29) is 5.91 Å². The van der Waals surface area contributed by atoms with Crippen LogP contribution < -0.4 is 5.73 Å². The molecule has 1 amide bonds. The van der Waals surface area contributed by atoms with E-state index in [1.165, 1.54) is 0 Å². The Morgan fingerprint density at radius 1 is 1.54 bits per heavy atom. The van der Waals surface area contributed by atoms with E-state index in [2.05, 4.69) is 25.7 Å². The number of amides is 1. The van der Waals surface area contributed by atoms with Crippen LogP contribution in [0.3, 0.4) is 0 Å². The van der Waals surface area contributed by atoms with Crippen molar-refractivity contribution in [2.45, 2.75) is 40.5 Å². The molecule has 0 bridgehead atoms. The Balaban J connectivity index is 4.49. The Kier molecular flexibility index (Phi) is 4.55. The average molecular weight is 181 g/mol. The van der Waals surface area contributed by atoms with E-state index in [1.807, 2.05) is 6.92 Å². The molecular weight excluding hydrogens is 162 g/mol. The van der Waals surface area contributed by atoms with Crippen LogP contribution in [0.5, 0.6) is 0 Å². The molecule has 2 N–H and O–H groups in total. The van der Waals surface area contributed by atoms with Crippen LogP contribution in [-0.2, 0) is 4.79 Å². The summed E-state index contributed by atoms with van der Waals surface area (Å²) in [6, 6.07) is 0. The molecular formula is C11H19NO. The van der Waals surface area contributed by atoms with Gasteiger partial charge in [-0.05, 0) is 26.2 Å². The Labute approximate surface area is 80.9 Å². The first-order valence-electron chi connectivity index (χ1n) is 4.62. The monoisotopic (exact) mass is 181 g/mol. The molecule has 0 aliphatic carbocycles. The third kappa shape index (κ3) is 3.98. The molecule has 0 rings (SSSR count). The van der Waals surface area contributed by atoms with E-state index in [4.69, 9.17) is 5.73 Å². The molecule has 0 aromatic heterocycles. The summed E-state index contributed by atoms with van der Waals surface area (Å²) >= 11 is 0. The van der Waals surface area contributed by atoms with Crippen LogP contribution in [0.4, 0.5) is 0 Å². The van der Waals surface area contributed by atoms with Crippen molar-refractivity contribution in [3.05, 3.63) is 0 Å². The number of nitrogens with two attached hydrogens (primary N) is 1. The topological polar surface area (TPSA) is 43.1 Å². The fraction of sp³-hybridized carbons (Fsp3) is 0.727. The molecule has 0 aromatic rings. The first-order chi connectivity index (χ1) is 5.92. The maximum Gasteiger partial charge on any atom is 0.224 e. The second-order valence-electron chi connectivity index (χ2n) is 4.13. The average Bonchev–Trinajstić information content (AvgIpc) is 1.99. The quantitative estimate of drug-likeness (QED) is 0.662. The van der Waals surface area contributed by atoms with E-state index < -0.39 is 5.41 Å². The molecule has 0 fully saturated rings. The fourth-order valence-corrected chi connectivity index (χ4v) is 1.44. The lowest BCUT2D eigenvalue weighted by Gasteiger charge is -2.25. The predicted octanol–water partition coefficient (Wildman–Crippen LogP) is 1.94. The van der Waals surface area contributed by atoms with Crippen molar-refractivity contribution in [2.75, 3.05) is 0 Å². The van der Waals surface area contributed by atoms with Gasteiger partial charge in [-0.3, -0.25) is 4.79 Å². The van der Waals surface area contributed by atoms with Gasteiger partial charge in [-0.15, -0.1) is 11.8 Å². The summed E-state index contributed by atoms with van der Waals surface area (Å²) in [5, 5.41) is 0. The molecule has 0 spiro atoms. The maximum absolute atomic E-state index is 11.2. The number of carbonyl (C=O) groups is 1. The molecule has 2 nitrogen and oxygen atoms in total. The molecule has 0 aromatic carbocycles. The number of rotatable bonds is 4. The highest BCUT2D eigenvalue weighted by Gasteiger charge is 2.30. The highest BCUT2D eigenvalue weighted by atomic mass is 16.1. The van der Waals surface area contributed by atoms with Crippen LogP contribution in [-0.4, -0.2) is 5.91 Å². The van der Waals surface area contributed by atoms with Crippen LogP contribution >= 0.6 is 0 Å². The second-order valence-corrected chi connectivity index (χ2v) is 4.13. The van der Waals surface area contributed by atoms with Crippen molar-refractivity contribution in [1.29, 1.82) is 0 Å². The van der Waals surface area contributed by atoms with Crippen LogP contribution in [0.2, 0.25) is 0 Å². The van der Waals surface area contributed by atoms with Crippen LogP contribution in [0, 0.1) is 23.2 Å². The highest BCUT2D eigenvalue weighted by molar-refractivity contribution is 5.80. The zero-order chi connectivity index (χ0) is 10.5. The number of carbonyl (C=O) groups excluding carboxylic acids is 1. The molecule has 2 heteroatoms. The molecule has 0 aliphatic rings. The lowest BCUT2D eigenvalue weighted by atomic mass is 9.79. The third-order valence-electron chi connectivity index (χ3n) is 2.11. The molecule has 1 atom stereocenters. The summed E-state index contributed by atoms with van der Waals surface area (Å²) in [5.41, 5.74) is 4.89. The molecule has 74 valence electrons. The van der Waals surface area contributed by atoms with Crippen molar-refractivity contribution in [3.8, 4) is 11.8 Å². The zero-order valence-corrected chi connectivity index (χ0v) is 8.98. The fourth-order valence-electron chi connectivity index (χ4n) is 1.44. The van der Waals surface area contributed by atoms with Gasteiger partial charge in [0.25, 0.3) is 0 Å². The van der Waals surface area contributed by atoms with Gasteiger partial charge in [-0.1, -0.05) is 13.8 Å². The number of primary amides is 1. The van der Waals surface area contributed by atoms with E-state index in [0.717, 1.165) is 6.42 Å². The SMILES string of the molecule is CC#CCC(C)(CC(C)C)C(N)=O. The number of hydrogen-bond donors (Lipinski definition) is 1. The largest absolute Gasteiger partial charge is 0.369 e. The molecule has 0 aliphatic heterocycles. The summed E-state index contributed by atoms with van der Waals surface area (Å²) < 4.78 is 0. The van der Waals surface area contributed by atoms with Gasteiger partial charge in [0, 0.05) is 6.42 Å². The van der Waals surface area contributed by atoms with Crippen molar-refractivity contribution < 1.29 is 4.79 Å². The van der Waals surface area contributed by atoms with Gasteiger partial charge in [0.1, 0.15) is 0 Å². The molecule has 1 unspecified atom stereocenters. The minimum absolute atomic E-state index is 0.246. The summed E-state index contributed by atoms with van der Waals surface area (Å²) in [5.74, 6) is 5.94. The predicted molar refractivity (Wildman–Crippen MR) is 54.8 cm³/mol. The van der Waals surface area contributed by atoms with Gasteiger partial charge in [0.05, 0.1) is 5.41 Å². The third-order valence-corrected chi connectivity index (χ3v) is 2.11. The van der Waals surface area contributed by atoms with Crippen LogP contribution in [0.1, 0.15) is 40.5 Å². The van der Waals surface area contributed by atoms with Gasteiger partial charge in [0.2, 0.25) is 5.91 Å². The lowest BCUT2D eigenvalue weighted by Crippen LogP contribution is -2.35. The maximum atomic E-state index is 11.2. The standard InChI is InChI=1S/C11H19NO/c1-5-6-7-11(4,10(12)13)8-9(2)3/h9H,7-8H2,1-4H3,(H2,12,13). The summed E-state index contributed by atoms with van der Waals surface area (Å²) in [6.45, 7) is 7.83. The van der Waals surface area contributed by atoms with Gasteiger partial charge in [-0.25, -0.2) is 0 Å². The first-order valence-corrected chi connectivity index (χ1v) is 4.62. The van der Waals surface area contributed by atoms with Gasteiger partial charge < -0.3 is 5.73 Å². The van der Waals surface area contributed by atoms with Gasteiger partial charge >= 0.3 is 0 Å². The molecule has 0 heterocycles. The van der Waals surface area contributed by atoms with Crippen molar-refractivity contribution in [1.82, 2.24) is 0 Å². The lowest BCUT2D eigenvalue weighted by molar-refractivity contribution is -0.127. The normalized spacial score (nSPS) is 14.5. The summed E-state index contributed by atoms with van der Waals surface area (Å²) in [6.07, 6.45) is 1.37. The molecule has 0 saturated heterocycles. The van der Waals surface area contributed by atoms with E-state index >= 15 is 0 Å². The van der Waals surface area contributed by atoms with Crippen LogP contribution in [0.15, 0.2) is 0 Å². The highest BCUT2D eigenvalue weighted by Crippen LogP contribution is 2.28. The molecule has 13 heavy (non-hydrogen) atoms. The Hall–Kier alpha value is -0.970. The van der Waals surface area contributed by atoms with E-state index in [9.17, 15) is 4.79 Å². The van der Waals surface area contributed by atoms with Crippen LogP contribution in [0.25, 0.3) is 0 Å². The van der Waals surface area contributed by atoms with Gasteiger partial charge in [0.15, 0.2) is 0 Å². The van der Waals surface area contributed by atoms with E-state index in [1.54, 1.807) is 6.92 Å². The Morgan fingerprint density at radius 2 is 2.08 bits per heavy atom. The summed E-state index contributed by atoms with van der Waals surface area (Å²) in [7, 11) is 0. The minimum Gasteiger partial charge on any atom is -0.369 e. The molecule has 0 radical (unpaired) electrons. The smallest absolute Gasteiger partial charge is 0.224 e. The first kappa shape index (κ1) is 12.0.